The van der Waals surface area contributed by atoms with Crippen molar-refractivity contribution in [1.82, 2.24) is 15.5 Å². The van der Waals surface area contributed by atoms with Gasteiger partial charge in [0.15, 0.2) is 0 Å². The molecule has 0 aromatic heterocycles. The van der Waals surface area contributed by atoms with Gasteiger partial charge in [0.1, 0.15) is 29.3 Å². The van der Waals surface area contributed by atoms with Crippen LogP contribution < -0.4 is 16.4 Å². The Bertz CT molecular complexity index is 1110. The van der Waals surface area contributed by atoms with Gasteiger partial charge in [0.25, 0.3) is 0 Å². The molecule has 4 N–H and O–H groups in total. The van der Waals surface area contributed by atoms with Crippen molar-refractivity contribution in [2.24, 2.45) is 17.6 Å². The molecular weight excluding hydrogens is 540 g/mol. The number of alkyl carbamates (subject to hydrolysis) is 1. The first-order chi connectivity index (χ1) is 19.4. The van der Waals surface area contributed by atoms with Crippen LogP contribution in [0.4, 0.5) is 4.79 Å². The Hall–Kier alpha value is -3.63. The summed E-state index contributed by atoms with van der Waals surface area (Å²) in [7, 11) is 0. The van der Waals surface area contributed by atoms with E-state index in [0.29, 0.717) is 12.8 Å². The largest absolute Gasteiger partial charge is 0.458 e. The van der Waals surface area contributed by atoms with Gasteiger partial charge in [0, 0.05) is 25.3 Å². The number of primary amides is 1. The predicted molar refractivity (Wildman–Crippen MR) is 158 cm³/mol. The highest BCUT2D eigenvalue weighted by molar-refractivity contribution is 5.94. The number of amides is 4. The smallest absolute Gasteiger partial charge is 0.408 e. The van der Waals surface area contributed by atoms with Crippen molar-refractivity contribution in [2.45, 2.75) is 110 Å². The molecule has 1 heterocycles. The van der Waals surface area contributed by atoms with Gasteiger partial charge in [-0.25, -0.2) is 9.59 Å². The number of carbonyl (C=O) groups excluding carboxylic acids is 5. The van der Waals surface area contributed by atoms with Crippen molar-refractivity contribution >= 4 is 29.8 Å². The second kappa shape index (κ2) is 14.5. The van der Waals surface area contributed by atoms with Crippen molar-refractivity contribution in [3.8, 4) is 0 Å². The summed E-state index contributed by atoms with van der Waals surface area (Å²) in [6.07, 6.45) is 0.000490. The van der Waals surface area contributed by atoms with Crippen molar-refractivity contribution in [1.29, 1.82) is 0 Å². The van der Waals surface area contributed by atoms with E-state index in [9.17, 15) is 24.0 Å². The topological polar surface area (TPSA) is 157 Å². The molecule has 0 unspecified atom stereocenters. The molecule has 1 saturated heterocycles. The van der Waals surface area contributed by atoms with E-state index in [1.54, 1.807) is 41.5 Å². The van der Waals surface area contributed by atoms with Crippen LogP contribution in [0.5, 0.6) is 0 Å². The lowest BCUT2D eigenvalue weighted by Gasteiger charge is -2.33. The number of nitrogens with two attached hydrogens (primary N) is 1. The van der Waals surface area contributed by atoms with E-state index in [1.165, 1.54) is 4.90 Å². The summed E-state index contributed by atoms with van der Waals surface area (Å²) in [4.78, 5) is 66.8. The molecule has 4 amide bonds. The third-order valence-electron chi connectivity index (χ3n) is 6.53. The minimum Gasteiger partial charge on any atom is -0.458 e. The zero-order valence-electron chi connectivity index (χ0n) is 26.2. The predicted octanol–water partition coefficient (Wildman–Crippen LogP) is 3.09. The Morgan fingerprint density at radius 1 is 0.929 bits per heavy atom. The monoisotopic (exact) mass is 588 g/mol. The Kier molecular flexibility index (Phi) is 11.9. The Morgan fingerprint density at radius 2 is 1.52 bits per heavy atom. The van der Waals surface area contributed by atoms with Crippen LogP contribution in [0.1, 0.15) is 80.2 Å². The van der Waals surface area contributed by atoms with Crippen molar-refractivity contribution in [3.05, 3.63) is 35.9 Å². The Balaban J connectivity index is 2.40. The molecule has 11 heteroatoms. The first kappa shape index (κ1) is 34.6. The number of carbonyl (C=O) groups is 5. The van der Waals surface area contributed by atoms with E-state index in [2.05, 4.69) is 10.6 Å². The van der Waals surface area contributed by atoms with Crippen molar-refractivity contribution in [3.63, 3.8) is 0 Å². The second-order valence-corrected chi connectivity index (χ2v) is 13.3. The van der Waals surface area contributed by atoms with Crippen molar-refractivity contribution < 1.29 is 33.4 Å². The van der Waals surface area contributed by atoms with E-state index in [-0.39, 0.29) is 25.3 Å². The molecule has 42 heavy (non-hydrogen) atoms. The third kappa shape index (κ3) is 11.3. The average molecular weight is 589 g/mol. The molecule has 0 saturated carbocycles. The van der Waals surface area contributed by atoms with E-state index in [4.69, 9.17) is 15.2 Å². The number of likely N-dealkylation sites (tertiary alicyclic amines) is 1. The van der Waals surface area contributed by atoms with Crippen LogP contribution in [0.25, 0.3) is 0 Å². The number of hydrogen-bond donors (Lipinski definition) is 3. The fourth-order valence-corrected chi connectivity index (χ4v) is 4.93. The molecule has 1 fully saturated rings. The summed E-state index contributed by atoms with van der Waals surface area (Å²) in [6, 6.07) is 6.10. The first-order valence-corrected chi connectivity index (χ1v) is 14.5. The molecule has 1 aliphatic rings. The SMILES string of the molecule is CC(C)C[C@H](NC(=O)OC(C)(C)C)C(=O)N[C@@H](Cc1ccccc1)C(=O)N1CC[C@H](CC(N)=O)[C@H]1C(=O)OC(C)(C)C. The molecule has 234 valence electrons. The molecule has 0 spiro atoms. The van der Waals surface area contributed by atoms with Gasteiger partial charge < -0.3 is 30.7 Å². The Morgan fingerprint density at radius 3 is 2.05 bits per heavy atom. The van der Waals surface area contributed by atoms with E-state index >= 15 is 0 Å². The number of nitrogens with one attached hydrogen (secondary N) is 2. The number of nitrogens with zero attached hydrogens (tertiary/aromatic N) is 1. The molecule has 1 aliphatic heterocycles. The average Bonchev–Trinajstić information content (AvgIpc) is 3.23. The highest BCUT2D eigenvalue weighted by atomic mass is 16.6. The number of ether oxygens (including phenoxy) is 2. The maximum absolute atomic E-state index is 14.1. The molecule has 4 atom stereocenters. The summed E-state index contributed by atoms with van der Waals surface area (Å²) in [5.74, 6) is -2.72. The summed E-state index contributed by atoms with van der Waals surface area (Å²) >= 11 is 0. The minimum absolute atomic E-state index is 0.0450. The van der Waals surface area contributed by atoms with Crippen LogP contribution in [0.2, 0.25) is 0 Å². The van der Waals surface area contributed by atoms with E-state index < -0.39 is 65.0 Å². The van der Waals surface area contributed by atoms with Gasteiger partial charge in [-0.15, -0.1) is 0 Å². The van der Waals surface area contributed by atoms with Crippen LogP contribution in [0.15, 0.2) is 30.3 Å². The molecule has 2 rings (SSSR count). The highest BCUT2D eigenvalue weighted by Gasteiger charge is 2.46. The molecule has 0 aliphatic carbocycles. The third-order valence-corrected chi connectivity index (χ3v) is 6.53. The maximum atomic E-state index is 14.1. The second-order valence-electron chi connectivity index (χ2n) is 13.3. The highest BCUT2D eigenvalue weighted by Crippen LogP contribution is 2.30. The Labute approximate surface area is 249 Å². The van der Waals surface area contributed by atoms with Gasteiger partial charge in [-0.3, -0.25) is 14.4 Å². The summed E-state index contributed by atoms with van der Waals surface area (Å²) in [5.41, 5.74) is 4.68. The summed E-state index contributed by atoms with van der Waals surface area (Å²) in [5, 5.41) is 5.48. The standard InChI is InChI=1S/C31H48N4O7/c1-19(2)16-22(34-29(40)42-31(6,7)8)26(37)33-23(17-20-12-10-9-11-13-20)27(38)35-15-14-21(18-24(32)36)25(35)28(39)41-30(3,4)5/h9-13,19,21-23,25H,14-18H2,1-8H3,(H2,32,36)(H,33,37)(H,34,40)/t21-,22+,23+,25+/m1/s1. The van der Waals surface area contributed by atoms with Crippen molar-refractivity contribution in [2.75, 3.05) is 6.54 Å². The molecule has 0 radical (unpaired) electrons. The van der Waals surface area contributed by atoms with Gasteiger partial charge >= 0.3 is 12.1 Å². The van der Waals surface area contributed by atoms with Gasteiger partial charge in [0.05, 0.1) is 0 Å². The van der Waals surface area contributed by atoms with Gasteiger partial charge in [-0.1, -0.05) is 44.2 Å². The van der Waals surface area contributed by atoms with Crippen LogP contribution in [0, 0.1) is 11.8 Å². The minimum atomic E-state index is -1.06. The number of hydrogen-bond acceptors (Lipinski definition) is 7. The zero-order chi connectivity index (χ0) is 31.8. The zero-order valence-corrected chi connectivity index (χ0v) is 26.2. The van der Waals surface area contributed by atoms with E-state index in [1.807, 2.05) is 44.2 Å². The van der Waals surface area contributed by atoms with Gasteiger partial charge in [0.2, 0.25) is 17.7 Å². The molecule has 1 aromatic rings. The van der Waals surface area contributed by atoms with Gasteiger partial charge in [-0.2, -0.15) is 0 Å². The lowest BCUT2D eigenvalue weighted by atomic mass is 9.95. The fraction of sp³-hybridized carbons (Fsp3) is 0.645. The molecule has 0 bridgehead atoms. The van der Waals surface area contributed by atoms with E-state index in [0.717, 1.165) is 5.56 Å². The maximum Gasteiger partial charge on any atom is 0.408 e. The molecular formula is C31H48N4O7. The lowest BCUT2D eigenvalue weighted by molar-refractivity contribution is -0.165. The fourth-order valence-electron chi connectivity index (χ4n) is 4.93. The molecule has 11 nitrogen and oxygen atoms in total. The lowest BCUT2D eigenvalue weighted by Crippen LogP contribution is -2.57. The van der Waals surface area contributed by atoms with Gasteiger partial charge in [-0.05, 0) is 65.9 Å². The van der Waals surface area contributed by atoms with Crippen LogP contribution in [-0.4, -0.2) is 70.6 Å². The van der Waals surface area contributed by atoms with Crippen LogP contribution >= 0.6 is 0 Å². The number of esters is 1. The quantitative estimate of drug-likeness (QED) is 0.335. The normalized spacial score (nSPS) is 18.6. The number of benzene rings is 1. The summed E-state index contributed by atoms with van der Waals surface area (Å²) < 4.78 is 11.0. The van der Waals surface area contributed by atoms with Crippen LogP contribution in [-0.2, 0) is 35.1 Å². The molecule has 1 aromatic carbocycles. The van der Waals surface area contributed by atoms with Crippen LogP contribution in [0.3, 0.4) is 0 Å². The number of rotatable bonds is 11. The first-order valence-electron chi connectivity index (χ1n) is 14.5. The summed E-state index contributed by atoms with van der Waals surface area (Å²) in [6.45, 7) is 14.4.